The Kier molecular flexibility index (Phi) is 11.2. The van der Waals surface area contributed by atoms with Gasteiger partial charge in [0.1, 0.15) is 5.70 Å². The number of amides is 2. The number of benzene rings is 1. The summed E-state index contributed by atoms with van der Waals surface area (Å²) in [6.07, 6.45) is 19.9. The maximum absolute atomic E-state index is 14.5. The summed E-state index contributed by atoms with van der Waals surface area (Å²) >= 11 is 8.40. The van der Waals surface area contributed by atoms with Crippen molar-refractivity contribution >= 4 is 35.2 Å². The summed E-state index contributed by atoms with van der Waals surface area (Å²) in [5.74, 6) is 0.340. The maximum Gasteiger partial charge on any atom is 0.271 e. The fraction of sp³-hybridized carbons (Fsp3) is 0.412. The molecule has 0 aromatic heterocycles. The van der Waals surface area contributed by atoms with Gasteiger partial charge >= 0.3 is 0 Å². The number of thioether (sulfide) groups is 1. The lowest BCUT2D eigenvalue weighted by molar-refractivity contribution is -0.146. The smallest absolute Gasteiger partial charge is 0.271 e. The zero-order chi connectivity index (χ0) is 29.2. The molecule has 2 aliphatic heterocycles. The minimum absolute atomic E-state index is 0.0626. The van der Waals surface area contributed by atoms with E-state index < -0.39 is 5.54 Å². The number of carbonyl (C=O) groups excluding carboxylic acids is 2. The average Bonchev–Trinajstić information content (AvgIpc) is 2.97. The molecule has 1 aromatic carbocycles. The molecule has 1 atom stereocenters. The first-order valence-corrected chi connectivity index (χ1v) is 16.1. The van der Waals surface area contributed by atoms with E-state index in [2.05, 4.69) is 42.9 Å². The van der Waals surface area contributed by atoms with E-state index in [0.717, 1.165) is 49.0 Å². The van der Waals surface area contributed by atoms with E-state index in [0.29, 0.717) is 16.3 Å². The molecule has 0 radical (unpaired) electrons. The standard InChI is InChI=1S/C34H42ClN3O2S/c1-4-14-27(5-2)34(33(40)37-28-16-10-8-7-9-11-17-28)24-36-31(21-25-19-20-29(6-3)41-23-25)32(39)38(34)22-26-15-12-13-18-30(26)35/h4-5,12-15,18-21,28,36H,1-2,6-11,16-17,22-24H2,3H3,(H,37,40)/b27-14+,31-21-. The molecular weight excluding hydrogens is 550 g/mol. The van der Waals surface area contributed by atoms with Gasteiger partial charge in [0.05, 0.1) is 6.54 Å². The zero-order valence-electron chi connectivity index (χ0n) is 24.1. The average molecular weight is 592 g/mol. The molecule has 1 unspecified atom stereocenters. The highest BCUT2D eigenvalue weighted by Gasteiger charge is 2.52. The van der Waals surface area contributed by atoms with E-state index in [4.69, 9.17) is 11.6 Å². The van der Waals surface area contributed by atoms with Crippen molar-refractivity contribution in [2.45, 2.75) is 76.4 Å². The lowest BCUT2D eigenvalue weighted by Gasteiger charge is -2.48. The Morgan fingerprint density at radius 3 is 2.54 bits per heavy atom. The number of piperazine rings is 1. The lowest BCUT2D eigenvalue weighted by atomic mass is 9.82. The Morgan fingerprint density at radius 2 is 1.90 bits per heavy atom. The number of hydrogen-bond acceptors (Lipinski definition) is 4. The van der Waals surface area contributed by atoms with Gasteiger partial charge in [0.2, 0.25) is 0 Å². The van der Waals surface area contributed by atoms with E-state index in [1.165, 1.54) is 24.2 Å². The Morgan fingerprint density at radius 1 is 1.17 bits per heavy atom. The molecule has 7 heteroatoms. The molecule has 1 saturated heterocycles. The van der Waals surface area contributed by atoms with Gasteiger partial charge in [0.15, 0.2) is 5.54 Å². The molecule has 2 heterocycles. The summed E-state index contributed by atoms with van der Waals surface area (Å²) < 4.78 is 0. The van der Waals surface area contributed by atoms with Gasteiger partial charge in [-0.25, -0.2) is 0 Å². The molecule has 2 fully saturated rings. The van der Waals surface area contributed by atoms with Gasteiger partial charge in [-0.05, 0) is 53.0 Å². The Labute approximate surface area is 254 Å². The first kappa shape index (κ1) is 31.0. The number of halogens is 1. The van der Waals surface area contributed by atoms with Crippen LogP contribution >= 0.6 is 23.4 Å². The van der Waals surface area contributed by atoms with Gasteiger partial charge in [0.25, 0.3) is 11.8 Å². The van der Waals surface area contributed by atoms with Crippen LogP contribution in [0.15, 0.2) is 95.6 Å². The number of nitrogens with one attached hydrogen (secondary N) is 2. The molecule has 41 heavy (non-hydrogen) atoms. The fourth-order valence-electron chi connectivity index (χ4n) is 5.80. The molecule has 2 N–H and O–H groups in total. The van der Waals surface area contributed by atoms with Crippen LogP contribution in [0.25, 0.3) is 0 Å². The van der Waals surface area contributed by atoms with E-state index >= 15 is 0 Å². The summed E-state index contributed by atoms with van der Waals surface area (Å²) in [7, 11) is 0. The highest BCUT2D eigenvalue weighted by atomic mass is 35.5. The zero-order valence-corrected chi connectivity index (χ0v) is 25.7. The van der Waals surface area contributed by atoms with Crippen molar-refractivity contribution in [3.63, 3.8) is 0 Å². The van der Waals surface area contributed by atoms with Crippen molar-refractivity contribution in [3.8, 4) is 0 Å². The van der Waals surface area contributed by atoms with Gasteiger partial charge in [-0.1, -0.05) is 112 Å². The molecule has 1 aromatic rings. The Bertz CT molecular complexity index is 1270. The molecule has 4 rings (SSSR count). The van der Waals surface area contributed by atoms with Crippen molar-refractivity contribution in [1.29, 1.82) is 0 Å². The van der Waals surface area contributed by atoms with E-state index in [9.17, 15) is 9.59 Å². The molecule has 5 nitrogen and oxygen atoms in total. The quantitative estimate of drug-likeness (QED) is 0.232. The van der Waals surface area contributed by atoms with Crippen LogP contribution in [0.5, 0.6) is 0 Å². The highest BCUT2D eigenvalue weighted by molar-refractivity contribution is 8.03. The molecule has 218 valence electrons. The summed E-state index contributed by atoms with van der Waals surface area (Å²) in [5.41, 5.74) is 1.57. The van der Waals surface area contributed by atoms with Crippen LogP contribution in [0.3, 0.4) is 0 Å². The Balaban J connectivity index is 1.78. The van der Waals surface area contributed by atoms with Crippen molar-refractivity contribution in [3.05, 3.63) is 106 Å². The first-order chi connectivity index (χ1) is 19.9. The van der Waals surface area contributed by atoms with Gasteiger partial charge in [0, 0.05) is 23.4 Å². The predicted molar refractivity (Wildman–Crippen MR) is 172 cm³/mol. The maximum atomic E-state index is 14.5. The molecule has 2 amide bonds. The summed E-state index contributed by atoms with van der Waals surface area (Å²) in [6, 6.07) is 7.54. The molecule has 1 saturated carbocycles. The SMILES string of the molecule is C=C/C=C(\C=C)C1(C(=O)NC2CCCCCCC2)CN/C(=C\C2=CC=C(CC)SC2)C(=O)N1Cc1ccccc1Cl. The number of allylic oxidation sites excluding steroid dienone is 6. The second-order valence-electron chi connectivity index (χ2n) is 10.8. The van der Waals surface area contributed by atoms with Gasteiger partial charge in [-0.15, -0.1) is 11.8 Å². The molecule has 0 spiro atoms. The minimum atomic E-state index is -1.34. The molecule has 0 bridgehead atoms. The summed E-state index contributed by atoms with van der Waals surface area (Å²) in [5, 5.41) is 7.27. The van der Waals surface area contributed by atoms with Crippen molar-refractivity contribution in [1.82, 2.24) is 15.5 Å². The number of carbonyl (C=O) groups is 2. The third-order valence-electron chi connectivity index (χ3n) is 8.15. The van der Waals surface area contributed by atoms with E-state index in [-0.39, 0.29) is 30.9 Å². The van der Waals surface area contributed by atoms with Crippen molar-refractivity contribution in [2.24, 2.45) is 0 Å². The predicted octanol–water partition coefficient (Wildman–Crippen LogP) is 7.39. The van der Waals surface area contributed by atoms with Crippen molar-refractivity contribution < 1.29 is 9.59 Å². The molecular formula is C34H42ClN3O2S. The molecule has 1 aliphatic carbocycles. The van der Waals surface area contributed by atoms with Crippen molar-refractivity contribution in [2.75, 3.05) is 12.3 Å². The summed E-state index contributed by atoms with van der Waals surface area (Å²) in [6.45, 7) is 10.5. The normalized spacial score (nSPS) is 23.6. The third-order valence-corrected chi connectivity index (χ3v) is 9.80. The third kappa shape index (κ3) is 7.28. The minimum Gasteiger partial charge on any atom is -0.377 e. The lowest BCUT2D eigenvalue weighted by Crippen LogP contribution is -2.70. The summed E-state index contributed by atoms with van der Waals surface area (Å²) in [4.78, 5) is 31.9. The monoisotopic (exact) mass is 591 g/mol. The van der Waals surface area contributed by atoms with Crippen LogP contribution in [0.1, 0.15) is 63.9 Å². The van der Waals surface area contributed by atoms with Crippen LogP contribution < -0.4 is 10.6 Å². The second kappa shape index (κ2) is 14.8. The second-order valence-corrected chi connectivity index (χ2v) is 12.4. The fourth-order valence-corrected chi connectivity index (χ4v) is 6.89. The number of rotatable bonds is 9. The van der Waals surface area contributed by atoms with Crippen LogP contribution in [0, 0.1) is 0 Å². The van der Waals surface area contributed by atoms with Gasteiger partial charge in [-0.2, -0.15) is 0 Å². The van der Waals surface area contributed by atoms with Crippen LogP contribution in [-0.2, 0) is 16.1 Å². The van der Waals surface area contributed by atoms with Crippen LogP contribution in [0.2, 0.25) is 5.02 Å². The first-order valence-electron chi connectivity index (χ1n) is 14.7. The van der Waals surface area contributed by atoms with Gasteiger partial charge < -0.3 is 15.5 Å². The Hall–Kier alpha value is -2.96. The van der Waals surface area contributed by atoms with Crippen LogP contribution in [0.4, 0.5) is 0 Å². The number of nitrogens with zero attached hydrogens (tertiary/aromatic N) is 1. The molecule has 3 aliphatic rings. The highest BCUT2D eigenvalue weighted by Crippen LogP contribution is 2.35. The largest absolute Gasteiger partial charge is 0.377 e. The van der Waals surface area contributed by atoms with E-state index in [1.54, 1.807) is 34.9 Å². The number of hydrogen-bond donors (Lipinski definition) is 2. The topological polar surface area (TPSA) is 61.4 Å². The van der Waals surface area contributed by atoms with Gasteiger partial charge in [-0.3, -0.25) is 9.59 Å². The van der Waals surface area contributed by atoms with Crippen LogP contribution in [-0.4, -0.2) is 40.6 Å². The van der Waals surface area contributed by atoms with E-state index in [1.807, 2.05) is 30.3 Å².